The maximum absolute atomic E-state index is 13.9. The van der Waals surface area contributed by atoms with Crippen LogP contribution in [0, 0.1) is 17.1 Å². The Morgan fingerprint density at radius 3 is 2.75 bits per heavy atom. The lowest BCUT2D eigenvalue weighted by Gasteiger charge is -2.12. The number of nitrogens with one attached hydrogen (secondary N) is 1. The van der Waals surface area contributed by atoms with Gasteiger partial charge in [-0.1, -0.05) is 36.4 Å². The van der Waals surface area contributed by atoms with Gasteiger partial charge >= 0.3 is 0 Å². The van der Waals surface area contributed by atoms with E-state index in [4.69, 9.17) is 0 Å². The molecule has 0 saturated carbocycles. The van der Waals surface area contributed by atoms with E-state index in [1.807, 2.05) is 30.5 Å². The highest BCUT2D eigenvalue weighted by atomic mass is 32.2. The standard InChI is InChI=1S/C21H16FN5S/c1-28-21-17(10-23)20(16-7-3-5-9-19(16)26-21)25-15-11-24-27(13-15)12-14-6-2-4-8-18(14)22/h2-9,11,13H,12H2,1H3,(H,25,26). The normalized spacial score (nSPS) is 10.8. The molecule has 0 spiro atoms. The first-order valence-electron chi connectivity index (χ1n) is 8.59. The molecule has 0 atom stereocenters. The number of fused-ring (bicyclic) bond motifs is 1. The molecule has 0 unspecified atom stereocenters. The second-order valence-electron chi connectivity index (χ2n) is 6.14. The summed E-state index contributed by atoms with van der Waals surface area (Å²) >= 11 is 1.43. The molecular weight excluding hydrogens is 373 g/mol. The molecule has 5 nitrogen and oxygen atoms in total. The predicted molar refractivity (Wildman–Crippen MR) is 109 cm³/mol. The summed E-state index contributed by atoms with van der Waals surface area (Å²) in [5, 5.41) is 18.8. The van der Waals surface area contributed by atoms with Gasteiger partial charge in [0.05, 0.1) is 29.6 Å². The lowest BCUT2D eigenvalue weighted by atomic mass is 10.1. The van der Waals surface area contributed by atoms with Crippen LogP contribution in [0.1, 0.15) is 11.1 Å². The first kappa shape index (κ1) is 18.0. The van der Waals surface area contributed by atoms with E-state index in [0.717, 1.165) is 16.6 Å². The van der Waals surface area contributed by atoms with Crippen molar-refractivity contribution < 1.29 is 4.39 Å². The van der Waals surface area contributed by atoms with Crippen molar-refractivity contribution >= 4 is 34.0 Å². The molecule has 2 heterocycles. The van der Waals surface area contributed by atoms with Gasteiger partial charge in [0.1, 0.15) is 22.5 Å². The van der Waals surface area contributed by atoms with Crippen molar-refractivity contribution in [1.29, 1.82) is 5.26 Å². The van der Waals surface area contributed by atoms with Crippen LogP contribution in [0.4, 0.5) is 15.8 Å². The zero-order valence-electron chi connectivity index (χ0n) is 15.1. The number of para-hydroxylation sites is 1. The molecule has 0 bridgehead atoms. The Kier molecular flexibility index (Phi) is 4.96. The van der Waals surface area contributed by atoms with Gasteiger partial charge in [0, 0.05) is 17.1 Å². The van der Waals surface area contributed by atoms with E-state index < -0.39 is 0 Å². The van der Waals surface area contributed by atoms with Crippen molar-refractivity contribution in [2.24, 2.45) is 0 Å². The Bertz CT molecular complexity index is 1200. The number of nitriles is 1. The number of thioether (sulfide) groups is 1. The molecule has 1 N–H and O–H groups in total. The SMILES string of the molecule is CSc1nc2ccccc2c(Nc2cnn(Cc3ccccc3F)c2)c1C#N. The van der Waals surface area contributed by atoms with Gasteiger partial charge in [-0.15, -0.1) is 11.8 Å². The second-order valence-corrected chi connectivity index (χ2v) is 6.94. The molecule has 7 heteroatoms. The summed E-state index contributed by atoms with van der Waals surface area (Å²) in [6, 6.07) is 16.6. The molecule has 0 aliphatic rings. The Labute approximate surface area is 165 Å². The van der Waals surface area contributed by atoms with E-state index in [0.29, 0.717) is 28.4 Å². The van der Waals surface area contributed by atoms with Crippen molar-refractivity contribution in [2.45, 2.75) is 11.6 Å². The average Bonchev–Trinajstić information content (AvgIpc) is 3.16. The Morgan fingerprint density at radius 2 is 1.96 bits per heavy atom. The van der Waals surface area contributed by atoms with Gasteiger partial charge in [-0.05, 0) is 18.4 Å². The van der Waals surface area contributed by atoms with Crippen molar-refractivity contribution in [3.8, 4) is 6.07 Å². The largest absolute Gasteiger partial charge is 0.351 e. The Balaban J connectivity index is 1.70. The smallest absolute Gasteiger partial charge is 0.128 e. The third-order valence-corrected chi connectivity index (χ3v) is 5.04. The topological polar surface area (TPSA) is 66.5 Å². The molecule has 138 valence electrons. The minimum atomic E-state index is -0.260. The predicted octanol–water partition coefficient (Wildman–Crippen LogP) is 4.96. The van der Waals surface area contributed by atoms with Crippen LogP contribution in [0.25, 0.3) is 10.9 Å². The van der Waals surface area contributed by atoms with Crippen molar-refractivity contribution in [3.05, 3.63) is 77.9 Å². The monoisotopic (exact) mass is 389 g/mol. The molecule has 2 aromatic carbocycles. The summed E-state index contributed by atoms with van der Waals surface area (Å²) < 4.78 is 15.5. The first-order valence-corrected chi connectivity index (χ1v) is 9.82. The van der Waals surface area contributed by atoms with E-state index >= 15 is 0 Å². The van der Waals surface area contributed by atoms with Gasteiger partial charge in [-0.2, -0.15) is 10.4 Å². The number of pyridine rings is 1. The van der Waals surface area contributed by atoms with Gasteiger partial charge in [-0.25, -0.2) is 9.37 Å². The summed E-state index contributed by atoms with van der Waals surface area (Å²) in [7, 11) is 0. The fraction of sp³-hybridized carbons (Fsp3) is 0.0952. The van der Waals surface area contributed by atoms with E-state index in [-0.39, 0.29) is 5.82 Å². The van der Waals surface area contributed by atoms with Crippen LogP contribution in [0.15, 0.2) is 66.0 Å². The van der Waals surface area contributed by atoms with E-state index in [1.54, 1.807) is 35.3 Å². The maximum atomic E-state index is 13.9. The number of hydrogen-bond acceptors (Lipinski definition) is 5. The van der Waals surface area contributed by atoms with Gasteiger partial charge in [0.2, 0.25) is 0 Å². The second kappa shape index (κ2) is 7.71. The number of anilines is 2. The van der Waals surface area contributed by atoms with Gasteiger partial charge < -0.3 is 5.32 Å². The van der Waals surface area contributed by atoms with Crippen LogP contribution in [0.3, 0.4) is 0 Å². The highest BCUT2D eigenvalue weighted by Gasteiger charge is 2.15. The number of aromatic nitrogens is 3. The lowest BCUT2D eigenvalue weighted by Crippen LogP contribution is -2.02. The zero-order chi connectivity index (χ0) is 19.5. The third kappa shape index (κ3) is 3.42. The summed E-state index contributed by atoms with van der Waals surface area (Å²) in [5.74, 6) is -0.260. The quantitative estimate of drug-likeness (QED) is 0.489. The molecule has 0 amide bonds. The summed E-state index contributed by atoms with van der Waals surface area (Å²) in [4.78, 5) is 4.58. The molecule has 0 radical (unpaired) electrons. The summed E-state index contributed by atoms with van der Waals surface area (Å²) in [6.45, 7) is 0.326. The van der Waals surface area contributed by atoms with E-state index in [2.05, 4.69) is 21.5 Å². The molecule has 0 fully saturated rings. The van der Waals surface area contributed by atoms with Crippen LogP contribution in [0.2, 0.25) is 0 Å². The molecule has 4 aromatic rings. The molecule has 0 aliphatic heterocycles. The van der Waals surface area contributed by atoms with Gasteiger partial charge in [0.25, 0.3) is 0 Å². The molecule has 28 heavy (non-hydrogen) atoms. The van der Waals surface area contributed by atoms with Crippen LogP contribution < -0.4 is 5.32 Å². The number of hydrogen-bond donors (Lipinski definition) is 1. The highest BCUT2D eigenvalue weighted by Crippen LogP contribution is 2.34. The van der Waals surface area contributed by atoms with Crippen LogP contribution >= 0.6 is 11.8 Å². The minimum Gasteiger partial charge on any atom is -0.351 e. The van der Waals surface area contributed by atoms with E-state index in [1.165, 1.54) is 17.8 Å². The average molecular weight is 389 g/mol. The number of benzene rings is 2. The highest BCUT2D eigenvalue weighted by molar-refractivity contribution is 7.98. The zero-order valence-corrected chi connectivity index (χ0v) is 15.9. The number of halogens is 1. The van der Waals surface area contributed by atoms with Crippen LogP contribution in [0.5, 0.6) is 0 Å². The third-order valence-electron chi connectivity index (χ3n) is 4.36. The fourth-order valence-corrected chi connectivity index (χ4v) is 3.57. The molecule has 0 saturated heterocycles. The van der Waals surface area contributed by atoms with Crippen LogP contribution in [-0.4, -0.2) is 21.0 Å². The van der Waals surface area contributed by atoms with E-state index in [9.17, 15) is 9.65 Å². The molecular formula is C21H16FN5S. The lowest BCUT2D eigenvalue weighted by molar-refractivity contribution is 0.585. The first-order chi connectivity index (χ1) is 13.7. The summed E-state index contributed by atoms with van der Waals surface area (Å²) in [5.41, 5.74) is 3.29. The molecule has 2 aromatic heterocycles. The Hall–Kier alpha value is -3.37. The van der Waals surface area contributed by atoms with Crippen molar-refractivity contribution in [2.75, 3.05) is 11.6 Å². The summed E-state index contributed by atoms with van der Waals surface area (Å²) in [6.07, 6.45) is 5.35. The fourth-order valence-electron chi connectivity index (χ4n) is 3.03. The molecule has 0 aliphatic carbocycles. The van der Waals surface area contributed by atoms with Crippen LogP contribution in [-0.2, 0) is 6.54 Å². The minimum absolute atomic E-state index is 0.260. The number of rotatable bonds is 5. The van der Waals surface area contributed by atoms with Crippen molar-refractivity contribution in [3.63, 3.8) is 0 Å². The Morgan fingerprint density at radius 1 is 1.18 bits per heavy atom. The number of nitrogens with zero attached hydrogens (tertiary/aromatic N) is 4. The maximum Gasteiger partial charge on any atom is 0.128 e. The van der Waals surface area contributed by atoms with Gasteiger partial charge in [0.15, 0.2) is 0 Å². The molecule has 4 rings (SSSR count). The van der Waals surface area contributed by atoms with Crippen molar-refractivity contribution in [1.82, 2.24) is 14.8 Å². The van der Waals surface area contributed by atoms with Gasteiger partial charge in [-0.3, -0.25) is 4.68 Å².